The average Bonchev–Trinajstić information content (AvgIpc) is 2.63. The van der Waals surface area contributed by atoms with Crippen molar-refractivity contribution >= 4 is 5.78 Å². The molecule has 26 heavy (non-hydrogen) atoms. The number of hydrogen-bond acceptors (Lipinski definition) is 3. The van der Waals surface area contributed by atoms with Gasteiger partial charge in [-0.05, 0) is 12.8 Å². The van der Waals surface area contributed by atoms with Gasteiger partial charge in [-0.15, -0.1) is 0 Å². The molecule has 0 rings (SSSR count). The Kier molecular flexibility index (Phi) is 19.0. The molecule has 0 fully saturated rings. The van der Waals surface area contributed by atoms with E-state index >= 15 is 0 Å². The molecule has 0 aromatic rings. The van der Waals surface area contributed by atoms with Gasteiger partial charge in [-0.3, -0.25) is 4.79 Å². The molecular formula is C23H46O3. The second-order valence-corrected chi connectivity index (χ2v) is 7.87. The molecule has 0 aromatic heterocycles. The lowest BCUT2D eigenvalue weighted by Gasteiger charge is -2.19. The maximum atomic E-state index is 11.9. The van der Waals surface area contributed by atoms with E-state index in [9.17, 15) is 4.79 Å². The summed E-state index contributed by atoms with van der Waals surface area (Å²) in [7, 11) is 0. The van der Waals surface area contributed by atoms with E-state index in [0.717, 1.165) is 26.1 Å². The second-order valence-electron chi connectivity index (χ2n) is 7.87. The summed E-state index contributed by atoms with van der Waals surface area (Å²) in [6.07, 6.45) is 16.2. The number of carbonyl (C=O) groups excluding carboxylic acids is 1. The minimum absolute atomic E-state index is 0.104. The summed E-state index contributed by atoms with van der Waals surface area (Å²) < 4.78 is 11.9. The van der Waals surface area contributed by atoms with Crippen molar-refractivity contribution in [3.05, 3.63) is 0 Å². The lowest BCUT2D eigenvalue weighted by molar-refractivity contribution is -0.151. The van der Waals surface area contributed by atoms with Gasteiger partial charge < -0.3 is 9.47 Å². The highest BCUT2D eigenvalue weighted by Gasteiger charge is 2.14. The highest BCUT2D eigenvalue weighted by Crippen LogP contribution is 2.12. The molecule has 0 spiro atoms. The minimum Gasteiger partial charge on any atom is -0.353 e. The average molecular weight is 371 g/mol. The van der Waals surface area contributed by atoms with Crippen LogP contribution < -0.4 is 0 Å². The van der Waals surface area contributed by atoms with Crippen LogP contribution in [0.15, 0.2) is 0 Å². The van der Waals surface area contributed by atoms with Crippen LogP contribution in [0, 0.1) is 5.92 Å². The first-order chi connectivity index (χ1) is 12.6. The predicted octanol–water partition coefficient (Wildman–Crippen LogP) is 7.07. The molecular weight excluding hydrogens is 324 g/mol. The first kappa shape index (κ1) is 25.6. The summed E-state index contributed by atoms with van der Waals surface area (Å²) in [6, 6.07) is 0. The molecule has 3 heteroatoms. The number of unbranched alkanes of at least 4 members (excludes halogenated alkanes) is 10. The van der Waals surface area contributed by atoms with Gasteiger partial charge in [0, 0.05) is 32.0 Å². The van der Waals surface area contributed by atoms with E-state index in [1.54, 1.807) is 0 Å². The van der Waals surface area contributed by atoms with Gasteiger partial charge >= 0.3 is 0 Å². The van der Waals surface area contributed by atoms with Gasteiger partial charge in [-0.1, -0.05) is 91.9 Å². The van der Waals surface area contributed by atoms with Crippen LogP contribution in [0.2, 0.25) is 0 Å². The third kappa shape index (κ3) is 17.0. The largest absolute Gasteiger partial charge is 0.353 e. The summed E-state index contributed by atoms with van der Waals surface area (Å²) in [5.41, 5.74) is 0. The van der Waals surface area contributed by atoms with Crippen LogP contribution in [0.4, 0.5) is 0 Å². The van der Waals surface area contributed by atoms with E-state index in [-0.39, 0.29) is 12.2 Å². The summed E-state index contributed by atoms with van der Waals surface area (Å²) in [5, 5.41) is 0. The third-order valence-electron chi connectivity index (χ3n) is 4.87. The van der Waals surface area contributed by atoms with Crippen LogP contribution in [0.1, 0.15) is 118 Å². The van der Waals surface area contributed by atoms with Crippen LogP contribution in [0.3, 0.4) is 0 Å². The van der Waals surface area contributed by atoms with E-state index < -0.39 is 0 Å². The van der Waals surface area contributed by atoms with Crippen molar-refractivity contribution in [1.29, 1.82) is 0 Å². The Labute approximate surface area is 163 Å². The number of Topliss-reactive ketones (excluding diaryl/α,β-unsaturated/α-hetero) is 1. The molecule has 0 aliphatic heterocycles. The van der Waals surface area contributed by atoms with Gasteiger partial charge in [-0.2, -0.15) is 0 Å². The quantitative estimate of drug-likeness (QED) is 0.170. The van der Waals surface area contributed by atoms with E-state index in [2.05, 4.69) is 13.8 Å². The normalized spacial score (nSPS) is 11.6. The van der Waals surface area contributed by atoms with Gasteiger partial charge in [0.2, 0.25) is 0 Å². The molecule has 0 unspecified atom stereocenters. The van der Waals surface area contributed by atoms with Crippen molar-refractivity contribution in [2.24, 2.45) is 5.92 Å². The Bertz CT molecular complexity index is 284. The molecule has 0 bridgehead atoms. The Hall–Kier alpha value is -0.410. The van der Waals surface area contributed by atoms with Crippen molar-refractivity contribution < 1.29 is 14.3 Å². The number of rotatable bonds is 20. The fourth-order valence-electron chi connectivity index (χ4n) is 2.96. The lowest BCUT2D eigenvalue weighted by Crippen LogP contribution is -2.21. The fraction of sp³-hybridized carbons (Fsp3) is 0.957. The molecule has 156 valence electrons. The number of ether oxygens (including phenoxy) is 2. The van der Waals surface area contributed by atoms with Crippen molar-refractivity contribution in [3.8, 4) is 0 Å². The first-order valence-electron chi connectivity index (χ1n) is 11.4. The van der Waals surface area contributed by atoms with Gasteiger partial charge in [0.1, 0.15) is 5.78 Å². The monoisotopic (exact) mass is 370 g/mol. The molecule has 0 aliphatic carbocycles. The molecule has 0 saturated heterocycles. The fourth-order valence-corrected chi connectivity index (χ4v) is 2.96. The maximum absolute atomic E-state index is 11.9. The summed E-state index contributed by atoms with van der Waals surface area (Å²) in [4.78, 5) is 11.9. The molecule has 0 heterocycles. The first-order valence-corrected chi connectivity index (χ1v) is 11.4. The van der Waals surface area contributed by atoms with Gasteiger partial charge in [0.15, 0.2) is 6.29 Å². The summed E-state index contributed by atoms with van der Waals surface area (Å²) >= 11 is 0. The van der Waals surface area contributed by atoms with E-state index in [4.69, 9.17) is 9.47 Å². The van der Waals surface area contributed by atoms with E-state index in [1.165, 1.54) is 64.2 Å². The number of hydrogen-bond donors (Lipinski definition) is 0. The second kappa shape index (κ2) is 19.4. The smallest absolute Gasteiger partial charge is 0.157 e. The topological polar surface area (TPSA) is 35.5 Å². The number of ketones is 1. The molecule has 0 N–H and O–H groups in total. The van der Waals surface area contributed by atoms with E-state index in [0.29, 0.717) is 18.6 Å². The summed E-state index contributed by atoms with van der Waals surface area (Å²) in [6.45, 7) is 9.92. The zero-order chi connectivity index (χ0) is 19.5. The van der Waals surface area contributed by atoms with Crippen molar-refractivity contribution in [2.45, 2.75) is 124 Å². The van der Waals surface area contributed by atoms with Crippen molar-refractivity contribution in [2.75, 3.05) is 13.2 Å². The zero-order valence-electron chi connectivity index (χ0n) is 18.2. The molecule has 0 radical (unpaired) electrons. The SMILES string of the molecule is CCCCCCCCOC(CCC(=O)C(C)C)OCCCCCCCC. The van der Waals surface area contributed by atoms with Crippen LogP contribution >= 0.6 is 0 Å². The highest BCUT2D eigenvalue weighted by atomic mass is 16.7. The van der Waals surface area contributed by atoms with Crippen LogP contribution in [-0.4, -0.2) is 25.3 Å². The lowest BCUT2D eigenvalue weighted by atomic mass is 10.0. The van der Waals surface area contributed by atoms with E-state index in [1.807, 2.05) is 13.8 Å². The maximum Gasteiger partial charge on any atom is 0.157 e. The molecule has 0 aliphatic rings. The van der Waals surface area contributed by atoms with Gasteiger partial charge in [0.25, 0.3) is 0 Å². The van der Waals surface area contributed by atoms with Crippen molar-refractivity contribution in [1.82, 2.24) is 0 Å². The zero-order valence-corrected chi connectivity index (χ0v) is 18.2. The molecule has 3 nitrogen and oxygen atoms in total. The van der Waals surface area contributed by atoms with Crippen molar-refractivity contribution in [3.63, 3.8) is 0 Å². The van der Waals surface area contributed by atoms with Crippen LogP contribution in [-0.2, 0) is 14.3 Å². The molecule has 0 atom stereocenters. The van der Waals surface area contributed by atoms with Crippen LogP contribution in [0.25, 0.3) is 0 Å². The molecule has 0 saturated carbocycles. The minimum atomic E-state index is -0.205. The third-order valence-corrected chi connectivity index (χ3v) is 4.87. The summed E-state index contributed by atoms with van der Waals surface area (Å²) in [5.74, 6) is 0.411. The van der Waals surface area contributed by atoms with Gasteiger partial charge in [0.05, 0.1) is 0 Å². The Morgan fingerprint density at radius 2 is 1.12 bits per heavy atom. The molecule has 0 amide bonds. The highest BCUT2D eigenvalue weighted by molar-refractivity contribution is 5.80. The Morgan fingerprint density at radius 1 is 0.692 bits per heavy atom. The van der Waals surface area contributed by atoms with Crippen LogP contribution in [0.5, 0.6) is 0 Å². The predicted molar refractivity (Wildman–Crippen MR) is 112 cm³/mol. The Morgan fingerprint density at radius 3 is 1.54 bits per heavy atom. The number of carbonyl (C=O) groups is 1. The Balaban J connectivity index is 3.91. The standard InChI is InChI=1S/C23H46O3/c1-5-7-9-11-13-15-19-25-23(18-17-22(24)21(3)4)26-20-16-14-12-10-8-6-2/h21,23H,5-20H2,1-4H3. The van der Waals surface area contributed by atoms with Gasteiger partial charge in [-0.25, -0.2) is 0 Å². The molecule has 0 aromatic carbocycles.